The molecule has 18 heteroatoms. The number of para-hydroxylation sites is 3. The second kappa shape index (κ2) is 28.9. The maximum absolute atomic E-state index is 5.13. The van der Waals surface area contributed by atoms with E-state index in [0.717, 1.165) is 95.3 Å². The van der Waals surface area contributed by atoms with Gasteiger partial charge in [-0.25, -0.2) is 19.9 Å². The van der Waals surface area contributed by atoms with Crippen LogP contribution in [0.25, 0.3) is 203 Å². The molecular weight excluding hydrogens is 1460 g/mol. The van der Waals surface area contributed by atoms with E-state index in [1.807, 2.05) is 104 Å². The Kier molecular flexibility index (Phi) is 17.1. The van der Waals surface area contributed by atoms with Crippen molar-refractivity contribution in [2.45, 2.75) is 0 Å². The highest BCUT2D eigenvalue weighted by Gasteiger charge is 2.23. The fraction of sp³-hybridized carbons (Fsp3) is 0. The van der Waals surface area contributed by atoms with Crippen LogP contribution in [0.3, 0.4) is 0 Å². The number of benzene rings is 8. The molecule has 15 aromatic heterocycles. The van der Waals surface area contributed by atoms with Crippen LogP contribution in [0.2, 0.25) is 0 Å². The van der Waals surface area contributed by atoms with Crippen molar-refractivity contribution in [3.8, 4) is 108 Å². The van der Waals surface area contributed by atoms with E-state index in [1.165, 1.54) is 84.6 Å². The van der Waals surface area contributed by atoms with E-state index in [2.05, 4.69) is 248 Å². The molecule has 0 N–H and O–H groups in total. The third-order valence-electron chi connectivity index (χ3n) is 20.7. The summed E-state index contributed by atoms with van der Waals surface area (Å²) in [5.41, 5.74) is 21.6. The normalized spacial score (nSPS) is 11.5. The Balaban J connectivity index is 0.000000108. The molecule has 0 unspecified atom stereocenters. The number of pyridine rings is 7. The van der Waals surface area contributed by atoms with Gasteiger partial charge in [-0.05, 0) is 213 Å². The van der Waals surface area contributed by atoms with Gasteiger partial charge >= 0.3 is 0 Å². The average Bonchev–Trinajstić information content (AvgIpc) is 1.58. The van der Waals surface area contributed by atoms with Crippen molar-refractivity contribution in [3.63, 3.8) is 0 Å². The van der Waals surface area contributed by atoms with Gasteiger partial charge in [-0.1, -0.05) is 97.1 Å². The number of rotatable bonds is 11. The molecule has 114 heavy (non-hydrogen) atoms. The smallest absolute Gasteiger partial charge is 0.238 e. The van der Waals surface area contributed by atoms with E-state index in [4.69, 9.17) is 29.9 Å². The molecule has 15 heterocycles. The van der Waals surface area contributed by atoms with E-state index in [-0.39, 0.29) is 0 Å². The molecule has 0 saturated heterocycles. The van der Waals surface area contributed by atoms with Crippen LogP contribution in [-0.2, 0) is 0 Å². The Morgan fingerprint density at radius 3 is 0.982 bits per heavy atom. The lowest BCUT2D eigenvalue weighted by molar-refractivity contribution is 0.952. The maximum Gasteiger partial charge on any atom is 0.238 e. The minimum absolute atomic E-state index is 0.579. The predicted molar refractivity (Wildman–Crippen MR) is 466 cm³/mol. The second-order valence-corrected chi connectivity index (χ2v) is 30.1. The highest BCUT2D eigenvalue weighted by molar-refractivity contribution is 7.19. The molecule has 0 spiro atoms. The molecule has 0 amide bonds. The molecule has 0 saturated carbocycles. The number of hydrogen-bond acceptors (Lipinski definition) is 15. The van der Waals surface area contributed by atoms with Gasteiger partial charge in [0.15, 0.2) is 17.5 Å². The Morgan fingerprint density at radius 1 is 0.211 bits per heavy atom. The topological polar surface area (TPSA) is 169 Å². The highest BCUT2D eigenvalue weighted by atomic mass is 32.1. The molecule has 0 aliphatic carbocycles. The third kappa shape index (κ3) is 12.2. The van der Waals surface area contributed by atoms with Gasteiger partial charge in [0.05, 0.1) is 55.9 Å². The van der Waals surface area contributed by atoms with Crippen molar-refractivity contribution >= 4 is 130 Å². The van der Waals surface area contributed by atoms with E-state index in [0.29, 0.717) is 23.4 Å². The van der Waals surface area contributed by atoms with Crippen molar-refractivity contribution in [3.05, 3.63) is 357 Å². The fourth-order valence-electron chi connectivity index (χ4n) is 15.5. The van der Waals surface area contributed by atoms with Gasteiger partial charge in [-0.3, -0.25) is 34.5 Å². The van der Waals surface area contributed by atoms with Crippen molar-refractivity contribution < 1.29 is 0 Å². The van der Waals surface area contributed by atoms with Gasteiger partial charge in [0.2, 0.25) is 5.95 Å². The van der Waals surface area contributed by atoms with Crippen LogP contribution in [0.15, 0.2) is 357 Å². The zero-order chi connectivity index (χ0) is 75.4. The summed E-state index contributed by atoms with van der Waals surface area (Å²) >= 11 is 5.36. The van der Waals surface area contributed by atoms with E-state index < -0.39 is 0 Å². The Hall–Kier alpha value is -14.8. The van der Waals surface area contributed by atoms with E-state index >= 15 is 0 Å². The molecule has 8 aromatic carbocycles. The largest absolute Gasteiger partial charge is 0.309 e. The quantitative estimate of drug-likeness (QED) is 0.120. The van der Waals surface area contributed by atoms with Crippen LogP contribution in [-0.4, -0.2) is 73.5 Å². The lowest BCUT2D eigenvalue weighted by atomic mass is 10.0. The van der Waals surface area contributed by atoms with Crippen LogP contribution in [0.1, 0.15) is 0 Å². The summed E-state index contributed by atoms with van der Waals surface area (Å²) in [6.45, 7) is 0. The molecule has 536 valence electrons. The summed E-state index contributed by atoms with van der Waals surface area (Å²) < 4.78 is 10.8. The lowest BCUT2D eigenvalue weighted by Crippen LogP contribution is -2.06. The molecule has 0 aliphatic heterocycles. The molecule has 23 rings (SSSR count). The first-order valence-electron chi connectivity index (χ1n) is 37.0. The van der Waals surface area contributed by atoms with Crippen molar-refractivity contribution in [1.29, 1.82) is 0 Å². The minimum atomic E-state index is 0.579. The SMILES string of the molecule is c1cc(-c2cc(-c3ccncc3)cc(-c3ccncc3)n2)cc(-n2c3ccccc3c3c4sccc4ccc32)c1.c1cc(-c2nc(-c3ccncc3)cc(-c3ccncc3)n2)cc(-n2c3ccccc3c3c4sccc4ccc32)c1.c1ccc2c(c1)c1c3sccc3ccc1n2-c1nc(-c2ccncc2)nc(-c2ccncc2)n1. The summed E-state index contributed by atoms with van der Waals surface area (Å²) in [4.78, 5) is 54.9. The Morgan fingerprint density at radius 2 is 0.553 bits per heavy atom. The lowest BCUT2D eigenvalue weighted by Gasteiger charge is -2.13. The van der Waals surface area contributed by atoms with Crippen LogP contribution in [0.5, 0.6) is 0 Å². The van der Waals surface area contributed by atoms with Crippen molar-refractivity contribution in [2.75, 3.05) is 0 Å². The molecule has 0 atom stereocenters. The first-order chi connectivity index (χ1) is 56.5. The van der Waals surface area contributed by atoms with E-state index in [9.17, 15) is 0 Å². The average molecular weight is 1520 g/mol. The number of aromatic nitrogens is 15. The summed E-state index contributed by atoms with van der Waals surface area (Å²) in [5, 5.41) is 17.8. The van der Waals surface area contributed by atoms with Gasteiger partial charge in [-0.15, -0.1) is 34.0 Å². The van der Waals surface area contributed by atoms with Crippen LogP contribution in [0, 0.1) is 0 Å². The van der Waals surface area contributed by atoms with E-state index in [1.54, 1.807) is 83.6 Å². The predicted octanol–water partition coefficient (Wildman–Crippen LogP) is 24.1. The summed E-state index contributed by atoms with van der Waals surface area (Å²) in [6.07, 6.45) is 21.4. The first-order valence-corrected chi connectivity index (χ1v) is 39.7. The minimum Gasteiger partial charge on any atom is -0.309 e. The van der Waals surface area contributed by atoms with Crippen molar-refractivity contribution in [2.24, 2.45) is 0 Å². The van der Waals surface area contributed by atoms with Gasteiger partial charge in [0, 0.05) is 171 Å². The highest BCUT2D eigenvalue weighted by Crippen LogP contribution is 2.44. The summed E-state index contributed by atoms with van der Waals surface area (Å²) in [7, 11) is 0. The van der Waals surface area contributed by atoms with Crippen LogP contribution in [0.4, 0.5) is 0 Å². The number of fused-ring (bicyclic) bond motifs is 15. The molecule has 23 aromatic rings. The van der Waals surface area contributed by atoms with Crippen LogP contribution < -0.4 is 0 Å². The summed E-state index contributed by atoms with van der Waals surface area (Å²) in [6, 6.07) is 92.8. The van der Waals surface area contributed by atoms with Crippen LogP contribution >= 0.6 is 34.0 Å². The zero-order valence-corrected chi connectivity index (χ0v) is 62.9. The monoisotopic (exact) mass is 1520 g/mol. The molecule has 0 radical (unpaired) electrons. The fourth-order valence-corrected chi connectivity index (χ4v) is 18.4. The molecule has 0 aliphatic rings. The second-order valence-electron chi connectivity index (χ2n) is 27.3. The zero-order valence-electron chi connectivity index (χ0n) is 60.5. The molecule has 0 fully saturated rings. The molecular formula is C96H59N15S3. The molecule has 15 nitrogen and oxygen atoms in total. The van der Waals surface area contributed by atoms with Gasteiger partial charge < -0.3 is 9.13 Å². The number of thiophene rings is 3. The Bertz CT molecular complexity index is 7070. The molecule has 0 bridgehead atoms. The van der Waals surface area contributed by atoms with Crippen molar-refractivity contribution in [1.82, 2.24) is 73.5 Å². The van der Waals surface area contributed by atoms with Gasteiger partial charge in [0.25, 0.3) is 0 Å². The Labute approximate surface area is 663 Å². The first kappa shape index (κ1) is 67.3. The standard InChI is InChI=1S/C35H22N4S.C34H21N5S.C27H16N6S/c1-2-7-32-29(6-1)34-33(9-8-25-14-19-40-35(25)34)39(32)28-5-3-4-26(20-28)31-22-27(23-10-15-36-16-11-23)21-30(38-31)24-12-17-37-18-13-24;1-2-7-30-27(6-1)32-31(9-8-24-14-19-40-33(24)32)39(30)26-5-3-4-25(20-26)34-37-28(22-10-15-35-16-11-22)21-29(38-34)23-12-17-36-18-13-23;1-2-4-21-20(3-1)23-22(6-5-17-11-16-34-24(17)23)33(21)27-31-25(18-7-12-28-13-8-18)30-26(32-27)19-9-14-29-15-10-19/h1-22H;1-21H;1-16H. The van der Waals surface area contributed by atoms with Gasteiger partial charge in [-0.2, -0.15) is 9.97 Å². The van der Waals surface area contributed by atoms with Gasteiger partial charge in [0.1, 0.15) is 0 Å². The third-order valence-corrected chi connectivity index (χ3v) is 23.6. The number of nitrogens with zero attached hydrogens (tertiary/aromatic N) is 15. The number of hydrogen-bond donors (Lipinski definition) is 0. The maximum atomic E-state index is 5.13. The summed E-state index contributed by atoms with van der Waals surface area (Å²) in [5.74, 6) is 2.45.